The topological polar surface area (TPSA) is 41.1 Å². The van der Waals surface area contributed by atoms with Crippen molar-refractivity contribution in [3.05, 3.63) is 29.8 Å². The summed E-state index contributed by atoms with van der Waals surface area (Å²) >= 11 is 0. The van der Waals surface area contributed by atoms with E-state index in [4.69, 9.17) is 0 Å². The number of unbranched alkanes of at least 4 members (excludes halogenated alkanes) is 2. The molecule has 0 saturated heterocycles. The van der Waals surface area contributed by atoms with Gasteiger partial charge >= 0.3 is 0 Å². The minimum absolute atomic E-state index is 0.0146. The molecule has 0 aliphatic carbocycles. The molecule has 0 fully saturated rings. The maximum atomic E-state index is 12.0. The quantitative estimate of drug-likeness (QED) is 0.677. The molecule has 1 aromatic rings. The van der Waals surface area contributed by atoms with E-state index in [0.29, 0.717) is 0 Å². The monoisotopic (exact) mass is 276 g/mol. The highest BCUT2D eigenvalue weighted by molar-refractivity contribution is 5.92. The van der Waals surface area contributed by atoms with Crippen LogP contribution in [0.3, 0.4) is 0 Å². The fourth-order valence-corrected chi connectivity index (χ4v) is 2.05. The molecule has 112 valence electrons. The summed E-state index contributed by atoms with van der Waals surface area (Å²) in [5.41, 5.74) is 2.23. The zero-order chi connectivity index (χ0) is 14.8. The second-order valence-corrected chi connectivity index (χ2v) is 5.35. The summed E-state index contributed by atoms with van der Waals surface area (Å²) in [5.74, 6) is 0.0591. The summed E-state index contributed by atoms with van der Waals surface area (Å²) in [5, 5.41) is 6.16. The van der Waals surface area contributed by atoms with Gasteiger partial charge in [-0.3, -0.25) is 4.79 Å². The number of amides is 1. The molecule has 0 bridgehead atoms. The smallest absolute Gasteiger partial charge is 0.228 e. The van der Waals surface area contributed by atoms with Crippen molar-refractivity contribution in [1.29, 1.82) is 0 Å². The molecule has 0 radical (unpaired) electrons. The molecule has 3 heteroatoms. The van der Waals surface area contributed by atoms with Crippen LogP contribution in [0.2, 0.25) is 0 Å². The van der Waals surface area contributed by atoms with Gasteiger partial charge in [0.1, 0.15) is 0 Å². The van der Waals surface area contributed by atoms with Crippen molar-refractivity contribution in [2.24, 2.45) is 5.92 Å². The van der Waals surface area contributed by atoms with Crippen LogP contribution < -0.4 is 10.6 Å². The van der Waals surface area contributed by atoms with Crippen LogP contribution in [0.15, 0.2) is 24.3 Å². The highest BCUT2D eigenvalue weighted by Gasteiger charge is 2.11. The van der Waals surface area contributed by atoms with Crippen LogP contribution in [0, 0.1) is 5.92 Å². The minimum Gasteiger partial charge on any atom is -0.326 e. The number of aryl methyl sites for hydroxylation is 1. The zero-order valence-electron chi connectivity index (χ0n) is 13.0. The Kier molecular flexibility index (Phi) is 7.97. The molecule has 1 amide bonds. The summed E-state index contributed by atoms with van der Waals surface area (Å²) in [4.78, 5) is 12.0. The lowest BCUT2D eigenvalue weighted by Gasteiger charge is -2.12. The van der Waals surface area contributed by atoms with Gasteiger partial charge in [0, 0.05) is 18.2 Å². The van der Waals surface area contributed by atoms with E-state index in [1.54, 1.807) is 0 Å². The third kappa shape index (κ3) is 6.20. The van der Waals surface area contributed by atoms with Gasteiger partial charge in [0.15, 0.2) is 0 Å². The van der Waals surface area contributed by atoms with Crippen molar-refractivity contribution in [1.82, 2.24) is 5.32 Å². The Hall–Kier alpha value is -1.35. The lowest BCUT2D eigenvalue weighted by Crippen LogP contribution is -2.30. The first-order valence-electron chi connectivity index (χ1n) is 7.77. The highest BCUT2D eigenvalue weighted by Crippen LogP contribution is 2.13. The molecular formula is C17H28N2O. The Morgan fingerprint density at radius 3 is 2.45 bits per heavy atom. The molecule has 0 spiro atoms. The normalized spacial score (nSPS) is 12.2. The van der Waals surface area contributed by atoms with Crippen molar-refractivity contribution in [2.75, 3.05) is 18.4 Å². The molecule has 1 atom stereocenters. The third-order valence-electron chi connectivity index (χ3n) is 3.44. The van der Waals surface area contributed by atoms with Crippen molar-refractivity contribution in [3.63, 3.8) is 0 Å². The van der Waals surface area contributed by atoms with Crippen molar-refractivity contribution >= 4 is 11.6 Å². The van der Waals surface area contributed by atoms with E-state index in [0.717, 1.165) is 25.2 Å². The van der Waals surface area contributed by atoms with Gasteiger partial charge in [0.2, 0.25) is 5.91 Å². The van der Waals surface area contributed by atoms with E-state index in [9.17, 15) is 4.79 Å². The number of hydrogen-bond donors (Lipinski definition) is 2. The average molecular weight is 276 g/mol. The van der Waals surface area contributed by atoms with E-state index in [-0.39, 0.29) is 11.8 Å². The van der Waals surface area contributed by atoms with Gasteiger partial charge in [-0.25, -0.2) is 0 Å². The fourth-order valence-electron chi connectivity index (χ4n) is 2.05. The van der Waals surface area contributed by atoms with Crippen molar-refractivity contribution in [3.8, 4) is 0 Å². The van der Waals surface area contributed by atoms with Crippen LogP contribution in [-0.4, -0.2) is 19.0 Å². The molecule has 20 heavy (non-hydrogen) atoms. The van der Waals surface area contributed by atoms with Crippen molar-refractivity contribution < 1.29 is 4.79 Å². The largest absolute Gasteiger partial charge is 0.326 e. The first-order chi connectivity index (χ1) is 9.67. The molecule has 0 aromatic heterocycles. The van der Waals surface area contributed by atoms with Crippen LogP contribution in [0.25, 0.3) is 0 Å². The summed E-state index contributed by atoms with van der Waals surface area (Å²) in [6, 6.07) is 8.22. The van der Waals surface area contributed by atoms with E-state index < -0.39 is 0 Å². The predicted octanol–water partition coefficient (Wildman–Crippen LogP) is 3.60. The number of carbonyl (C=O) groups is 1. The second kappa shape index (κ2) is 9.54. The van der Waals surface area contributed by atoms with Gasteiger partial charge < -0.3 is 10.6 Å². The molecule has 1 aromatic carbocycles. The van der Waals surface area contributed by atoms with Crippen LogP contribution in [-0.2, 0) is 11.2 Å². The molecule has 3 nitrogen and oxygen atoms in total. The van der Waals surface area contributed by atoms with Crippen LogP contribution in [0.4, 0.5) is 5.69 Å². The standard InChI is InChI=1S/C17H28N2O/c1-4-6-7-8-15-9-11-16(12-10-15)19-17(20)14(3)13-18-5-2/h9-12,14,18H,4-8,13H2,1-3H3,(H,19,20). The molecule has 1 rings (SSSR count). The SMILES string of the molecule is CCCCCc1ccc(NC(=O)C(C)CNCC)cc1. The second-order valence-electron chi connectivity index (χ2n) is 5.35. The summed E-state index contributed by atoms with van der Waals surface area (Å²) in [6.07, 6.45) is 4.89. The van der Waals surface area contributed by atoms with Crippen LogP contribution in [0.1, 0.15) is 45.6 Å². The van der Waals surface area contributed by atoms with Gasteiger partial charge in [0.05, 0.1) is 0 Å². The number of nitrogens with one attached hydrogen (secondary N) is 2. The number of anilines is 1. The molecular weight excluding hydrogens is 248 g/mol. The summed E-state index contributed by atoms with van der Waals surface area (Å²) in [7, 11) is 0. The van der Waals surface area contributed by atoms with E-state index in [1.165, 1.54) is 24.8 Å². The van der Waals surface area contributed by atoms with Gasteiger partial charge in [0.25, 0.3) is 0 Å². The number of rotatable bonds is 9. The van der Waals surface area contributed by atoms with Gasteiger partial charge in [-0.1, -0.05) is 45.7 Å². The zero-order valence-corrected chi connectivity index (χ0v) is 13.0. The van der Waals surface area contributed by atoms with Gasteiger partial charge in [-0.15, -0.1) is 0 Å². The third-order valence-corrected chi connectivity index (χ3v) is 3.44. The summed E-state index contributed by atoms with van der Waals surface area (Å²) in [6.45, 7) is 7.81. The fraction of sp³-hybridized carbons (Fsp3) is 0.588. The highest BCUT2D eigenvalue weighted by atomic mass is 16.1. The minimum atomic E-state index is -0.0146. The average Bonchev–Trinajstić information content (AvgIpc) is 2.46. The van der Waals surface area contributed by atoms with E-state index in [2.05, 4.69) is 29.7 Å². The lowest BCUT2D eigenvalue weighted by molar-refractivity contribution is -0.119. The first kappa shape index (κ1) is 16.7. The molecule has 0 aliphatic rings. The van der Waals surface area contributed by atoms with Crippen LogP contribution in [0.5, 0.6) is 0 Å². The molecule has 0 aliphatic heterocycles. The van der Waals surface area contributed by atoms with Crippen LogP contribution >= 0.6 is 0 Å². The van der Waals surface area contributed by atoms with Gasteiger partial charge in [-0.05, 0) is 37.1 Å². The number of hydrogen-bond acceptors (Lipinski definition) is 2. The van der Waals surface area contributed by atoms with E-state index >= 15 is 0 Å². The molecule has 2 N–H and O–H groups in total. The Balaban J connectivity index is 2.42. The summed E-state index contributed by atoms with van der Waals surface area (Å²) < 4.78 is 0. The Morgan fingerprint density at radius 1 is 1.15 bits per heavy atom. The Morgan fingerprint density at radius 2 is 1.85 bits per heavy atom. The molecule has 0 saturated carbocycles. The van der Waals surface area contributed by atoms with E-state index in [1.807, 2.05) is 26.0 Å². The molecule has 0 heterocycles. The number of carbonyl (C=O) groups excluding carboxylic acids is 1. The molecule has 1 unspecified atom stereocenters. The van der Waals surface area contributed by atoms with Gasteiger partial charge in [-0.2, -0.15) is 0 Å². The predicted molar refractivity (Wildman–Crippen MR) is 86.0 cm³/mol. The Bertz CT molecular complexity index is 386. The first-order valence-corrected chi connectivity index (χ1v) is 7.77. The lowest BCUT2D eigenvalue weighted by atomic mass is 10.1. The maximum absolute atomic E-state index is 12.0. The number of benzene rings is 1. The maximum Gasteiger partial charge on any atom is 0.228 e. The van der Waals surface area contributed by atoms with Crippen molar-refractivity contribution in [2.45, 2.75) is 46.5 Å². The Labute approximate surface area is 123 Å².